The number of anilines is 1. The fourth-order valence-corrected chi connectivity index (χ4v) is 4.23. The molecule has 1 saturated carbocycles. The van der Waals surface area contributed by atoms with E-state index < -0.39 is 11.8 Å². The third-order valence-corrected chi connectivity index (χ3v) is 6.41. The fourth-order valence-electron chi connectivity index (χ4n) is 4.23. The number of ether oxygens (including phenoxy) is 2. The molecule has 0 amide bonds. The van der Waals surface area contributed by atoms with Crippen LogP contribution in [0.2, 0.25) is 0 Å². The van der Waals surface area contributed by atoms with E-state index in [2.05, 4.69) is 16.8 Å². The van der Waals surface area contributed by atoms with Gasteiger partial charge in [0, 0.05) is 32.2 Å². The Labute approximate surface area is 194 Å². The van der Waals surface area contributed by atoms with Crippen LogP contribution in [0.3, 0.4) is 0 Å². The first-order chi connectivity index (χ1) is 15.8. The molecule has 2 heterocycles. The predicted molar refractivity (Wildman–Crippen MR) is 123 cm³/mol. The van der Waals surface area contributed by atoms with Gasteiger partial charge in [0.1, 0.15) is 29.2 Å². The van der Waals surface area contributed by atoms with Crippen molar-refractivity contribution < 1.29 is 23.0 Å². The molecule has 1 aromatic heterocycles. The highest BCUT2D eigenvalue weighted by molar-refractivity contribution is 5.79. The average Bonchev–Trinajstić information content (AvgIpc) is 3.16. The Morgan fingerprint density at radius 3 is 2.58 bits per heavy atom. The van der Waals surface area contributed by atoms with Crippen LogP contribution >= 0.6 is 0 Å². The van der Waals surface area contributed by atoms with Gasteiger partial charge in [-0.15, -0.1) is 0 Å². The number of Topliss-reactive ketones (excluding diaryl/α,β-unsaturated/α-hetero) is 1. The van der Waals surface area contributed by atoms with E-state index in [9.17, 15) is 13.6 Å². The van der Waals surface area contributed by atoms with Crippen LogP contribution < -0.4 is 14.4 Å². The summed E-state index contributed by atoms with van der Waals surface area (Å²) in [5.41, 5.74) is 1.15. The number of carbonyl (C=O) groups excluding carboxylic acids is 1. The summed E-state index contributed by atoms with van der Waals surface area (Å²) in [6.07, 6.45) is 4.58. The van der Waals surface area contributed by atoms with Gasteiger partial charge in [0.15, 0.2) is 0 Å². The number of aromatic nitrogens is 1. The molecule has 5 nitrogen and oxygen atoms in total. The van der Waals surface area contributed by atoms with Gasteiger partial charge in [-0.05, 0) is 42.2 Å². The Morgan fingerprint density at radius 1 is 1.21 bits per heavy atom. The molecule has 0 radical (unpaired) electrons. The zero-order chi connectivity index (χ0) is 23.4. The summed E-state index contributed by atoms with van der Waals surface area (Å²) in [5, 5.41) is 0. The summed E-state index contributed by atoms with van der Waals surface area (Å²) < 4.78 is 37.5. The topological polar surface area (TPSA) is 51.7 Å². The summed E-state index contributed by atoms with van der Waals surface area (Å²) in [6.45, 7) is 5.70. The molecule has 33 heavy (non-hydrogen) atoms. The highest BCUT2D eigenvalue weighted by Gasteiger charge is 2.57. The van der Waals surface area contributed by atoms with E-state index in [-0.39, 0.29) is 25.0 Å². The summed E-state index contributed by atoms with van der Waals surface area (Å²) in [4.78, 5) is 18.5. The molecule has 7 heteroatoms. The number of alkyl halides is 2. The van der Waals surface area contributed by atoms with E-state index in [0.717, 1.165) is 43.1 Å². The van der Waals surface area contributed by atoms with Crippen molar-refractivity contribution in [2.75, 3.05) is 24.6 Å². The number of halogens is 2. The van der Waals surface area contributed by atoms with Gasteiger partial charge in [-0.2, -0.15) is 0 Å². The maximum absolute atomic E-state index is 13.0. The number of rotatable bonds is 11. The van der Waals surface area contributed by atoms with E-state index in [1.807, 2.05) is 37.3 Å². The average molecular weight is 459 g/mol. The van der Waals surface area contributed by atoms with E-state index in [4.69, 9.17) is 9.47 Å². The summed E-state index contributed by atoms with van der Waals surface area (Å²) in [6, 6.07) is 11.7. The molecule has 2 aromatic rings. The highest BCUT2D eigenvalue weighted by atomic mass is 19.3. The first-order valence-electron chi connectivity index (χ1n) is 11.8. The number of hydrogen-bond acceptors (Lipinski definition) is 5. The number of carbonyl (C=O) groups is 1. The van der Waals surface area contributed by atoms with Crippen molar-refractivity contribution in [1.29, 1.82) is 0 Å². The maximum atomic E-state index is 13.0. The molecule has 3 atom stereocenters. The van der Waals surface area contributed by atoms with Gasteiger partial charge in [0.05, 0.1) is 25.3 Å². The Hall–Kier alpha value is -2.70. The summed E-state index contributed by atoms with van der Waals surface area (Å²) in [5.74, 6) is -0.552. The van der Waals surface area contributed by atoms with Crippen molar-refractivity contribution in [2.45, 2.75) is 63.9 Å². The largest absolute Gasteiger partial charge is 0.491 e. The molecule has 1 saturated heterocycles. The number of nitrogens with zero attached hydrogens (tertiary/aromatic N) is 2. The molecule has 1 aromatic carbocycles. The van der Waals surface area contributed by atoms with Crippen molar-refractivity contribution in [1.82, 2.24) is 4.98 Å². The van der Waals surface area contributed by atoms with Gasteiger partial charge in [-0.3, -0.25) is 4.79 Å². The van der Waals surface area contributed by atoms with Gasteiger partial charge in [-0.25, -0.2) is 13.8 Å². The SMILES string of the molecule is CCCC(=O)C[C@@H](C)c1ccc(OC2CCN(c3ccc(OCC4CC4(F)F)cn3)C2)cc1. The first kappa shape index (κ1) is 23.5. The second-order valence-corrected chi connectivity index (χ2v) is 9.26. The standard InChI is InChI=1S/C26H32F2N2O3/c1-3-4-21(31)13-18(2)19-5-7-22(8-6-19)33-24-11-12-30(16-24)25-10-9-23(15-29-25)32-17-20-14-26(20,27)28/h5-10,15,18,20,24H,3-4,11-14,16-17H2,1-2H3/t18-,20?,24?/m1/s1. The monoisotopic (exact) mass is 458 g/mol. The Kier molecular flexibility index (Phi) is 7.15. The van der Waals surface area contributed by atoms with Crippen molar-refractivity contribution in [2.24, 2.45) is 5.92 Å². The molecule has 1 aliphatic heterocycles. The molecule has 2 unspecified atom stereocenters. The summed E-state index contributed by atoms with van der Waals surface area (Å²) in [7, 11) is 0. The minimum absolute atomic E-state index is 0.0280. The van der Waals surface area contributed by atoms with E-state index in [1.54, 1.807) is 12.3 Å². The number of pyridine rings is 1. The minimum atomic E-state index is -2.57. The molecule has 0 N–H and O–H groups in total. The second kappa shape index (κ2) is 10.1. The van der Waals surface area contributed by atoms with Crippen LogP contribution in [0, 0.1) is 5.92 Å². The van der Waals surface area contributed by atoms with Crippen LogP contribution in [0.15, 0.2) is 42.6 Å². The third kappa shape index (κ3) is 6.21. The predicted octanol–water partition coefficient (Wildman–Crippen LogP) is 5.64. The molecule has 1 aliphatic carbocycles. The number of hydrogen-bond donors (Lipinski definition) is 0. The van der Waals surface area contributed by atoms with Gasteiger partial charge in [0.25, 0.3) is 5.92 Å². The van der Waals surface area contributed by atoms with Crippen LogP contribution in [-0.4, -0.2) is 42.5 Å². The minimum Gasteiger partial charge on any atom is -0.491 e. The Bertz CT molecular complexity index is 934. The van der Waals surface area contributed by atoms with E-state index in [0.29, 0.717) is 24.4 Å². The Morgan fingerprint density at radius 2 is 1.94 bits per heavy atom. The van der Waals surface area contributed by atoms with Crippen molar-refractivity contribution in [3.8, 4) is 11.5 Å². The van der Waals surface area contributed by atoms with Crippen molar-refractivity contribution in [3.63, 3.8) is 0 Å². The molecule has 0 bridgehead atoms. The molecule has 2 aliphatic rings. The lowest BCUT2D eigenvalue weighted by molar-refractivity contribution is -0.119. The molecule has 178 valence electrons. The molecule has 0 spiro atoms. The van der Waals surface area contributed by atoms with E-state index >= 15 is 0 Å². The lowest BCUT2D eigenvalue weighted by atomic mass is 9.94. The quantitative estimate of drug-likeness (QED) is 0.436. The molecular formula is C26H32F2N2O3. The zero-order valence-corrected chi connectivity index (χ0v) is 19.3. The van der Waals surface area contributed by atoms with Crippen molar-refractivity contribution in [3.05, 3.63) is 48.2 Å². The molecular weight excluding hydrogens is 426 g/mol. The van der Waals surface area contributed by atoms with Gasteiger partial charge >= 0.3 is 0 Å². The van der Waals surface area contributed by atoms with Crippen LogP contribution in [0.4, 0.5) is 14.6 Å². The van der Waals surface area contributed by atoms with Gasteiger partial charge in [0.2, 0.25) is 0 Å². The first-order valence-corrected chi connectivity index (χ1v) is 11.8. The number of benzene rings is 1. The summed E-state index contributed by atoms with van der Waals surface area (Å²) >= 11 is 0. The normalized spacial score (nSPS) is 22.1. The Balaban J connectivity index is 1.24. The van der Waals surface area contributed by atoms with Gasteiger partial charge < -0.3 is 14.4 Å². The smallest absolute Gasteiger partial charge is 0.255 e. The van der Waals surface area contributed by atoms with E-state index in [1.165, 1.54) is 0 Å². The lowest BCUT2D eigenvalue weighted by Gasteiger charge is -2.19. The van der Waals surface area contributed by atoms with Crippen molar-refractivity contribution >= 4 is 11.6 Å². The maximum Gasteiger partial charge on any atom is 0.255 e. The fraction of sp³-hybridized carbons (Fsp3) is 0.538. The molecule has 2 fully saturated rings. The van der Waals surface area contributed by atoms with Gasteiger partial charge in [-0.1, -0.05) is 26.0 Å². The van der Waals surface area contributed by atoms with Crippen LogP contribution in [0.5, 0.6) is 11.5 Å². The number of ketones is 1. The molecule has 4 rings (SSSR count). The van der Waals surface area contributed by atoms with Crippen LogP contribution in [0.1, 0.15) is 57.4 Å². The zero-order valence-electron chi connectivity index (χ0n) is 19.3. The van der Waals surface area contributed by atoms with Crippen LogP contribution in [0.25, 0.3) is 0 Å². The van der Waals surface area contributed by atoms with Crippen LogP contribution in [-0.2, 0) is 4.79 Å². The highest BCUT2D eigenvalue weighted by Crippen LogP contribution is 2.48. The third-order valence-electron chi connectivity index (χ3n) is 6.41. The lowest BCUT2D eigenvalue weighted by Crippen LogP contribution is -2.25. The second-order valence-electron chi connectivity index (χ2n) is 9.26.